The van der Waals surface area contributed by atoms with Crippen molar-refractivity contribution in [2.45, 2.75) is 27.7 Å². The number of benzene rings is 3. The van der Waals surface area contributed by atoms with Gasteiger partial charge in [0.1, 0.15) is 46.9 Å². The second-order valence-corrected chi connectivity index (χ2v) is 10.1. The summed E-state index contributed by atoms with van der Waals surface area (Å²) < 4.78 is 29.4. The molecule has 0 spiro atoms. The number of aryl methyl sites for hydroxylation is 3. The van der Waals surface area contributed by atoms with Crippen molar-refractivity contribution in [3.63, 3.8) is 0 Å². The number of ether oxygens (including phenoxy) is 3. The molecule has 0 bridgehead atoms. The van der Waals surface area contributed by atoms with E-state index >= 15 is 0 Å². The van der Waals surface area contributed by atoms with Gasteiger partial charge in [-0.1, -0.05) is 48.5 Å². The Bertz CT molecular complexity index is 1630. The Balaban J connectivity index is 1.49. The number of rotatable bonds is 12. The minimum absolute atomic E-state index is 0.177. The van der Waals surface area contributed by atoms with Crippen molar-refractivity contribution in [1.82, 2.24) is 0 Å². The quantitative estimate of drug-likeness (QED) is 0.148. The number of hydrogen-bond acceptors (Lipinski definition) is 6. The molecule has 5 rings (SSSR count). The SMILES string of the molecule is CCOC(COc1ccc(OCC(=O)O)c(C)c1)=C(c1ccc(-c2ccc(C)o2)cc1)c1ccc(-c2ccc(C)o2)cc1. The molecule has 7 nitrogen and oxygen atoms in total. The number of furan rings is 2. The van der Waals surface area contributed by atoms with Crippen LogP contribution in [0.2, 0.25) is 0 Å². The van der Waals surface area contributed by atoms with Gasteiger partial charge in [-0.25, -0.2) is 4.79 Å². The van der Waals surface area contributed by atoms with Crippen LogP contribution in [0.25, 0.3) is 28.2 Å². The van der Waals surface area contributed by atoms with E-state index in [-0.39, 0.29) is 6.61 Å². The van der Waals surface area contributed by atoms with Gasteiger partial charge in [0.05, 0.1) is 6.61 Å². The Hall–Kier alpha value is -5.17. The lowest BCUT2D eigenvalue weighted by Gasteiger charge is -2.18. The van der Waals surface area contributed by atoms with Crippen LogP contribution in [0.3, 0.4) is 0 Å². The minimum atomic E-state index is -1.03. The molecule has 43 heavy (non-hydrogen) atoms. The summed E-state index contributed by atoms with van der Waals surface area (Å²) in [6.45, 7) is 7.88. The van der Waals surface area contributed by atoms with E-state index in [1.165, 1.54) is 0 Å². The van der Waals surface area contributed by atoms with Crippen LogP contribution in [0.15, 0.2) is 106 Å². The summed E-state index contributed by atoms with van der Waals surface area (Å²) in [6.07, 6.45) is 0. The predicted octanol–water partition coefficient (Wildman–Crippen LogP) is 8.47. The van der Waals surface area contributed by atoms with Crippen molar-refractivity contribution in [1.29, 1.82) is 0 Å². The van der Waals surface area contributed by atoms with Gasteiger partial charge in [-0.2, -0.15) is 0 Å². The molecular weight excluding hydrogens is 544 g/mol. The Morgan fingerprint density at radius 1 is 0.698 bits per heavy atom. The lowest BCUT2D eigenvalue weighted by Crippen LogP contribution is -2.11. The molecule has 5 aromatic rings. The molecule has 220 valence electrons. The zero-order chi connectivity index (χ0) is 30.3. The van der Waals surface area contributed by atoms with Gasteiger partial charge in [0.2, 0.25) is 0 Å². The van der Waals surface area contributed by atoms with Gasteiger partial charge >= 0.3 is 5.97 Å². The number of carboxylic acids is 1. The monoisotopic (exact) mass is 578 g/mol. The Morgan fingerprint density at radius 3 is 1.70 bits per heavy atom. The fourth-order valence-electron chi connectivity index (χ4n) is 4.79. The molecule has 2 heterocycles. The van der Waals surface area contributed by atoms with Crippen molar-refractivity contribution in [2.75, 3.05) is 19.8 Å². The zero-order valence-electron chi connectivity index (χ0n) is 24.7. The minimum Gasteiger partial charge on any atom is -0.494 e. The lowest BCUT2D eigenvalue weighted by atomic mass is 9.94. The van der Waals surface area contributed by atoms with Crippen LogP contribution in [0.4, 0.5) is 0 Å². The second-order valence-electron chi connectivity index (χ2n) is 10.1. The Kier molecular flexibility index (Phi) is 9.01. The molecule has 0 radical (unpaired) electrons. The van der Waals surface area contributed by atoms with Crippen molar-refractivity contribution in [3.05, 3.63) is 125 Å². The van der Waals surface area contributed by atoms with Crippen LogP contribution < -0.4 is 9.47 Å². The molecule has 1 N–H and O–H groups in total. The summed E-state index contributed by atoms with van der Waals surface area (Å²) in [4.78, 5) is 10.9. The van der Waals surface area contributed by atoms with E-state index < -0.39 is 12.6 Å². The first-order valence-corrected chi connectivity index (χ1v) is 14.1. The highest BCUT2D eigenvalue weighted by atomic mass is 16.5. The van der Waals surface area contributed by atoms with Gasteiger partial charge in [-0.05, 0) is 86.8 Å². The third kappa shape index (κ3) is 7.19. The number of aliphatic carboxylic acids is 1. The highest BCUT2D eigenvalue weighted by Crippen LogP contribution is 2.33. The molecule has 0 aliphatic heterocycles. The summed E-state index contributed by atoms with van der Waals surface area (Å²) >= 11 is 0. The van der Waals surface area contributed by atoms with Crippen LogP contribution in [0.1, 0.15) is 35.1 Å². The summed E-state index contributed by atoms with van der Waals surface area (Å²) in [7, 11) is 0. The average molecular weight is 579 g/mol. The lowest BCUT2D eigenvalue weighted by molar-refractivity contribution is -0.139. The maximum Gasteiger partial charge on any atom is 0.341 e. The van der Waals surface area contributed by atoms with E-state index in [0.717, 1.165) is 56.4 Å². The van der Waals surface area contributed by atoms with Crippen molar-refractivity contribution >= 4 is 11.5 Å². The summed E-state index contributed by atoms with van der Waals surface area (Å²) in [5, 5.41) is 8.93. The van der Waals surface area contributed by atoms with E-state index in [4.69, 9.17) is 28.2 Å². The van der Waals surface area contributed by atoms with Crippen LogP contribution in [-0.2, 0) is 9.53 Å². The molecule has 0 amide bonds. The summed E-state index contributed by atoms with van der Waals surface area (Å²) in [5.41, 5.74) is 5.57. The molecule has 0 saturated carbocycles. The highest BCUT2D eigenvalue weighted by molar-refractivity contribution is 5.83. The van der Waals surface area contributed by atoms with E-state index in [1.807, 2.05) is 82.3 Å². The van der Waals surface area contributed by atoms with Gasteiger partial charge in [0.25, 0.3) is 0 Å². The molecule has 0 unspecified atom stereocenters. The van der Waals surface area contributed by atoms with Crippen molar-refractivity contribution in [3.8, 4) is 34.1 Å². The maximum atomic E-state index is 10.9. The second kappa shape index (κ2) is 13.2. The predicted molar refractivity (Wildman–Crippen MR) is 165 cm³/mol. The van der Waals surface area contributed by atoms with Gasteiger partial charge in [0, 0.05) is 16.7 Å². The van der Waals surface area contributed by atoms with Crippen LogP contribution >= 0.6 is 0 Å². The standard InChI is InChI=1S/C36H34O7/c1-5-39-34(21-40-30-16-19-31(23(2)20-30)41-22-35(37)38)36(28-12-8-26(9-13-28)32-17-6-24(3)42-32)29-14-10-27(11-15-29)33-18-7-25(4)43-33/h6-20H,5,21-22H2,1-4H3,(H,37,38). The molecule has 0 fully saturated rings. The normalized spacial score (nSPS) is 10.8. The zero-order valence-corrected chi connectivity index (χ0v) is 24.7. The molecule has 0 aliphatic rings. The van der Waals surface area contributed by atoms with Gasteiger partial charge < -0.3 is 28.2 Å². The van der Waals surface area contributed by atoms with Crippen LogP contribution in [-0.4, -0.2) is 30.9 Å². The number of hydrogen-bond donors (Lipinski definition) is 1. The average Bonchev–Trinajstić information content (AvgIpc) is 3.64. The Morgan fingerprint density at radius 2 is 1.26 bits per heavy atom. The maximum absolute atomic E-state index is 10.9. The first-order valence-electron chi connectivity index (χ1n) is 14.1. The van der Waals surface area contributed by atoms with Crippen molar-refractivity contribution in [2.24, 2.45) is 0 Å². The largest absolute Gasteiger partial charge is 0.494 e. The summed E-state index contributed by atoms with van der Waals surface area (Å²) in [6, 6.07) is 29.5. The molecule has 2 aromatic heterocycles. The topological polar surface area (TPSA) is 91.3 Å². The van der Waals surface area contributed by atoms with E-state index in [9.17, 15) is 4.79 Å². The third-order valence-corrected chi connectivity index (χ3v) is 6.86. The molecule has 0 aliphatic carbocycles. The highest BCUT2D eigenvalue weighted by Gasteiger charge is 2.17. The fourth-order valence-corrected chi connectivity index (χ4v) is 4.79. The van der Waals surface area contributed by atoms with Gasteiger partial charge in [-0.15, -0.1) is 0 Å². The third-order valence-electron chi connectivity index (χ3n) is 6.86. The van der Waals surface area contributed by atoms with Gasteiger partial charge in [-0.3, -0.25) is 0 Å². The van der Waals surface area contributed by atoms with E-state index in [1.54, 1.807) is 12.1 Å². The first-order chi connectivity index (χ1) is 20.8. The molecule has 0 saturated heterocycles. The number of carbonyl (C=O) groups is 1. The summed E-state index contributed by atoms with van der Waals surface area (Å²) in [5.74, 6) is 4.10. The molecule has 7 heteroatoms. The van der Waals surface area contributed by atoms with Crippen LogP contribution in [0.5, 0.6) is 11.5 Å². The van der Waals surface area contributed by atoms with Crippen LogP contribution in [0, 0.1) is 20.8 Å². The van der Waals surface area contributed by atoms with Crippen molar-refractivity contribution < 1.29 is 32.9 Å². The molecule has 3 aromatic carbocycles. The Labute approximate surface area is 251 Å². The first kappa shape index (κ1) is 29.3. The van der Waals surface area contributed by atoms with Gasteiger partial charge in [0.15, 0.2) is 6.61 Å². The molecule has 0 atom stereocenters. The smallest absolute Gasteiger partial charge is 0.341 e. The number of carboxylic acid groups (broad SMARTS) is 1. The van der Waals surface area contributed by atoms with E-state index in [2.05, 4.69) is 24.3 Å². The fraction of sp³-hybridized carbons (Fsp3) is 0.194. The van der Waals surface area contributed by atoms with E-state index in [0.29, 0.717) is 23.9 Å². The molecular formula is C36H34O7.